The number of carbonyl (C=O) groups is 3. The van der Waals surface area contributed by atoms with Crippen molar-refractivity contribution < 1.29 is 28.5 Å². The van der Waals surface area contributed by atoms with Gasteiger partial charge >= 0.3 is 5.91 Å². The highest BCUT2D eigenvalue weighted by atomic mass is 16.6. The van der Waals surface area contributed by atoms with Crippen molar-refractivity contribution in [2.75, 3.05) is 57.9 Å². The number of nitrogens with two attached hydrogens (primary N) is 1. The summed E-state index contributed by atoms with van der Waals surface area (Å²) < 4.78 is 10.0. The molecule has 11 heteroatoms. The lowest BCUT2D eigenvalue weighted by molar-refractivity contribution is -0.825. The number of morpholine rings is 1. The standard InChI is InChI=1S/C22H31N5O6/c23-12-15-13-26(8-11-33-15)7-10-32-9-6-24-18-3-1-2-16-17(18)14-27(31,22(16)30)19-4-5-20(28)25-21(19)29/h1-3,15,19,24H,4-14,23H2,(H,25,28,29)/t15-,19?,27?/m0/s1. The Balaban J connectivity index is 1.28. The van der Waals surface area contributed by atoms with Gasteiger partial charge in [-0.15, -0.1) is 0 Å². The average molecular weight is 462 g/mol. The summed E-state index contributed by atoms with van der Waals surface area (Å²) in [6, 6.07) is 4.03. The van der Waals surface area contributed by atoms with Crippen LogP contribution in [0, 0.1) is 5.21 Å². The van der Waals surface area contributed by atoms with Gasteiger partial charge in [0.15, 0.2) is 6.04 Å². The van der Waals surface area contributed by atoms with Crippen molar-refractivity contribution in [2.24, 2.45) is 5.73 Å². The Morgan fingerprint density at radius 2 is 2.15 bits per heavy atom. The lowest BCUT2D eigenvalue weighted by Gasteiger charge is -2.42. The minimum atomic E-state index is -1.28. The minimum absolute atomic E-state index is 0.0576. The highest BCUT2D eigenvalue weighted by Gasteiger charge is 2.50. The Labute approximate surface area is 192 Å². The molecular weight excluding hydrogens is 430 g/mol. The summed E-state index contributed by atoms with van der Waals surface area (Å²) >= 11 is 0. The largest absolute Gasteiger partial charge is 0.624 e. The van der Waals surface area contributed by atoms with Crippen LogP contribution in [-0.4, -0.2) is 92.0 Å². The van der Waals surface area contributed by atoms with Crippen molar-refractivity contribution in [3.8, 4) is 0 Å². The number of nitrogens with one attached hydrogen (secondary N) is 2. The Morgan fingerprint density at radius 1 is 1.30 bits per heavy atom. The Bertz CT molecular complexity index is 911. The average Bonchev–Trinajstić information content (AvgIpc) is 3.07. The van der Waals surface area contributed by atoms with Gasteiger partial charge in [-0.25, -0.2) is 4.79 Å². The van der Waals surface area contributed by atoms with Crippen LogP contribution in [0.15, 0.2) is 18.2 Å². The fourth-order valence-electron chi connectivity index (χ4n) is 4.65. The van der Waals surface area contributed by atoms with Crippen molar-refractivity contribution in [2.45, 2.75) is 31.5 Å². The number of carbonyl (C=O) groups excluding carboxylic acids is 3. The second-order valence-electron chi connectivity index (χ2n) is 8.63. The van der Waals surface area contributed by atoms with Crippen LogP contribution in [0.3, 0.4) is 0 Å². The third-order valence-corrected chi connectivity index (χ3v) is 6.46. The normalized spacial score (nSPS) is 28.0. The van der Waals surface area contributed by atoms with Crippen LogP contribution in [0.1, 0.15) is 28.8 Å². The second kappa shape index (κ2) is 10.2. The molecule has 33 heavy (non-hydrogen) atoms. The molecule has 4 rings (SSSR count). The number of amides is 3. The van der Waals surface area contributed by atoms with Crippen molar-refractivity contribution >= 4 is 23.4 Å². The van der Waals surface area contributed by atoms with Crippen LogP contribution in [-0.2, 0) is 25.6 Å². The van der Waals surface area contributed by atoms with Crippen LogP contribution in [0.4, 0.5) is 5.69 Å². The van der Waals surface area contributed by atoms with Gasteiger partial charge in [0.1, 0.15) is 6.54 Å². The van der Waals surface area contributed by atoms with Gasteiger partial charge in [0.05, 0.1) is 31.5 Å². The number of quaternary nitrogens is 1. The predicted octanol–water partition coefficient (Wildman–Crippen LogP) is -0.452. The molecule has 1 aromatic rings. The third-order valence-electron chi connectivity index (χ3n) is 6.46. The van der Waals surface area contributed by atoms with E-state index in [0.29, 0.717) is 49.7 Å². The summed E-state index contributed by atoms with van der Waals surface area (Å²) in [6.07, 6.45) is 0.205. The van der Waals surface area contributed by atoms with Gasteiger partial charge in [-0.3, -0.25) is 24.5 Å². The van der Waals surface area contributed by atoms with Gasteiger partial charge in [0.2, 0.25) is 5.91 Å². The van der Waals surface area contributed by atoms with E-state index in [4.69, 9.17) is 15.2 Å². The molecular formula is C22H31N5O6. The van der Waals surface area contributed by atoms with Crippen molar-refractivity contribution in [3.63, 3.8) is 0 Å². The maximum Gasteiger partial charge on any atom is 0.347 e. The number of nitrogens with zero attached hydrogens (tertiary/aromatic N) is 2. The zero-order valence-electron chi connectivity index (χ0n) is 18.6. The Hall–Kier alpha value is -2.41. The first kappa shape index (κ1) is 23.7. The maximum atomic E-state index is 13.5. The number of imide groups is 1. The van der Waals surface area contributed by atoms with E-state index in [2.05, 4.69) is 15.5 Å². The molecule has 0 aliphatic carbocycles. The molecule has 11 nitrogen and oxygen atoms in total. The highest BCUT2D eigenvalue weighted by Crippen LogP contribution is 2.37. The number of benzene rings is 1. The van der Waals surface area contributed by atoms with Crippen LogP contribution in [0.25, 0.3) is 0 Å². The molecule has 2 fully saturated rings. The van der Waals surface area contributed by atoms with E-state index in [-0.39, 0.29) is 25.5 Å². The van der Waals surface area contributed by atoms with Crippen LogP contribution < -0.4 is 16.4 Å². The summed E-state index contributed by atoms with van der Waals surface area (Å²) in [7, 11) is 0. The molecule has 3 aliphatic heterocycles. The van der Waals surface area contributed by atoms with E-state index < -0.39 is 28.4 Å². The van der Waals surface area contributed by atoms with E-state index in [0.717, 1.165) is 19.6 Å². The third kappa shape index (κ3) is 5.08. The van der Waals surface area contributed by atoms with Gasteiger partial charge in [-0.1, -0.05) is 6.07 Å². The zero-order chi connectivity index (χ0) is 23.4. The van der Waals surface area contributed by atoms with Gasteiger partial charge in [-0.05, 0) is 12.1 Å². The fourth-order valence-corrected chi connectivity index (χ4v) is 4.65. The fraction of sp³-hybridized carbons (Fsp3) is 0.591. The van der Waals surface area contributed by atoms with Crippen LogP contribution in [0.5, 0.6) is 0 Å². The maximum absolute atomic E-state index is 13.5. The van der Waals surface area contributed by atoms with E-state index in [1.807, 2.05) is 6.07 Å². The molecule has 0 saturated carbocycles. The quantitative estimate of drug-likeness (QED) is 0.193. The number of piperidine rings is 1. The number of hydroxylamine groups is 3. The van der Waals surface area contributed by atoms with Gasteiger partial charge in [0, 0.05) is 56.8 Å². The Kier molecular flexibility index (Phi) is 7.37. The molecule has 4 N–H and O–H groups in total. The summed E-state index contributed by atoms with van der Waals surface area (Å²) in [5.41, 5.74) is 7.28. The summed E-state index contributed by atoms with van der Waals surface area (Å²) in [5.74, 6) is -1.73. The molecule has 2 unspecified atom stereocenters. The lowest BCUT2D eigenvalue weighted by Crippen LogP contribution is -2.60. The number of fused-ring (bicyclic) bond motifs is 1. The van der Waals surface area contributed by atoms with Crippen molar-refractivity contribution in [1.82, 2.24) is 10.2 Å². The van der Waals surface area contributed by atoms with Gasteiger partial charge in [-0.2, -0.15) is 0 Å². The molecule has 3 amide bonds. The van der Waals surface area contributed by atoms with E-state index >= 15 is 0 Å². The summed E-state index contributed by atoms with van der Waals surface area (Å²) in [6.45, 7) is 5.10. The molecule has 1 aromatic carbocycles. The zero-order valence-corrected chi connectivity index (χ0v) is 18.6. The molecule has 0 spiro atoms. The molecule has 3 heterocycles. The number of rotatable bonds is 9. The van der Waals surface area contributed by atoms with Crippen LogP contribution >= 0.6 is 0 Å². The highest BCUT2D eigenvalue weighted by molar-refractivity contribution is 6.02. The topological polar surface area (TPSA) is 146 Å². The lowest BCUT2D eigenvalue weighted by atomic mass is 10.0. The molecule has 0 radical (unpaired) electrons. The number of hydrogen-bond acceptors (Lipinski definition) is 9. The van der Waals surface area contributed by atoms with E-state index in [1.165, 1.54) is 0 Å². The number of anilines is 1. The Morgan fingerprint density at radius 3 is 2.94 bits per heavy atom. The first-order valence-electron chi connectivity index (χ1n) is 11.4. The summed E-state index contributed by atoms with van der Waals surface area (Å²) in [4.78, 5) is 38.9. The molecule has 3 atom stereocenters. The second-order valence-corrected chi connectivity index (χ2v) is 8.63. The molecule has 2 saturated heterocycles. The molecule has 3 aliphatic rings. The van der Waals surface area contributed by atoms with Crippen molar-refractivity contribution in [1.29, 1.82) is 0 Å². The predicted molar refractivity (Wildman–Crippen MR) is 119 cm³/mol. The SMILES string of the molecule is NC[C@H]1CN(CCOCCNc2cccc3c2C[N+]([O-])(C2CCC(=O)NC2=O)C3=O)CCO1. The van der Waals surface area contributed by atoms with Gasteiger partial charge < -0.3 is 25.7 Å². The molecule has 180 valence electrons. The minimum Gasteiger partial charge on any atom is -0.624 e. The first-order chi connectivity index (χ1) is 15.9. The number of hydrogen-bond donors (Lipinski definition) is 3. The smallest absolute Gasteiger partial charge is 0.347 e. The van der Waals surface area contributed by atoms with Crippen LogP contribution in [0.2, 0.25) is 0 Å². The summed E-state index contributed by atoms with van der Waals surface area (Å²) in [5, 5.41) is 18.9. The monoisotopic (exact) mass is 461 g/mol. The molecule has 0 aromatic heterocycles. The number of ether oxygens (including phenoxy) is 2. The van der Waals surface area contributed by atoms with E-state index in [1.54, 1.807) is 12.1 Å². The van der Waals surface area contributed by atoms with Crippen molar-refractivity contribution in [3.05, 3.63) is 34.5 Å². The van der Waals surface area contributed by atoms with Gasteiger partial charge in [0.25, 0.3) is 5.91 Å². The first-order valence-corrected chi connectivity index (χ1v) is 11.4. The molecule has 0 bridgehead atoms. The van der Waals surface area contributed by atoms with E-state index in [9.17, 15) is 19.6 Å².